The van der Waals surface area contributed by atoms with Crippen LogP contribution in [0.5, 0.6) is 0 Å². The molecule has 0 amide bonds. The van der Waals surface area contributed by atoms with Crippen LogP contribution in [-0.4, -0.2) is 5.71 Å². The fraction of sp³-hybridized carbons (Fsp3) is 0.188. The first-order valence-electron chi connectivity index (χ1n) is 5.92. The average molecular weight is 223 g/mol. The molecule has 0 fully saturated rings. The van der Waals surface area contributed by atoms with Crippen LogP contribution in [0.4, 0.5) is 0 Å². The SMILES string of the molecule is CC1=N\C(c2ccccc2C)=C/C\C=C/C=C\1. The Balaban J connectivity index is 2.46. The van der Waals surface area contributed by atoms with Gasteiger partial charge < -0.3 is 0 Å². The molecule has 1 aliphatic rings. The average Bonchev–Trinajstić information content (AvgIpc) is 2.42. The molecule has 17 heavy (non-hydrogen) atoms. The van der Waals surface area contributed by atoms with E-state index < -0.39 is 0 Å². The van der Waals surface area contributed by atoms with Gasteiger partial charge in [0.2, 0.25) is 0 Å². The highest BCUT2D eigenvalue weighted by atomic mass is 14.8. The van der Waals surface area contributed by atoms with E-state index in [0.717, 1.165) is 17.8 Å². The fourth-order valence-corrected chi connectivity index (χ4v) is 1.83. The quantitative estimate of drug-likeness (QED) is 0.672. The molecule has 1 aliphatic heterocycles. The number of hydrogen-bond donors (Lipinski definition) is 0. The zero-order chi connectivity index (χ0) is 12.1. The molecule has 0 radical (unpaired) electrons. The number of aryl methyl sites for hydroxylation is 1. The number of rotatable bonds is 1. The molecule has 1 heterocycles. The van der Waals surface area contributed by atoms with Crippen LogP contribution in [0, 0.1) is 6.92 Å². The van der Waals surface area contributed by atoms with Gasteiger partial charge >= 0.3 is 0 Å². The highest BCUT2D eigenvalue weighted by molar-refractivity contribution is 5.97. The predicted octanol–water partition coefficient (Wildman–Crippen LogP) is 4.31. The Bertz CT molecular complexity index is 516. The third-order valence-corrected chi connectivity index (χ3v) is 2.75. The molecule has 0 saturated heterocycles. The summed E-state index contributed by atoms with van der Waals surface area (Å²) in [4.78, 5) is 4.68. The number of benzene rings is 1. The van der Waals surface area contributed by atoms with Gasteiger partial charge in [0.25, 0.3) is 0 Å². The Kier molecular flexibility index (Phi) is 3.71. The van der Waals surface area contributed by atoms with Crippen molar-refractivity contribution in [1.29, 1.82) is 0 Å². The van der Waals surface area contributed by atoms with Crippen molar-refractivity contribution in [2.24, 2.45) is 4.99 Å². The molecule has 0 spiro atoms. The summed E-state index contributed by atoms with van der Waals surface area (Å²) in [7, 11) is 0. The number of aliphatic imine (C=N–C) groups is 1. The standard InChI is InChI=1S/C16H17N/c1-13-9-7-8-11-15(13)16-12-6-4-3-5-10-14(2)17-16/h3-5,7-12H,6H2,1-2H3/b4-3-,10-5-,16-12-,17-14+. The lowest BCUT2D eigenvalue weighted by molar-refractivity contribution is 1.33. The molecular formula is C16H17N. The first-order valence-corrected chi connectivity index (χ1v) is 5.92. The lowest BCUT2D eigenvalue weighted by atomic mass is 10.1. The molecule has 0 aromatic heterocycles. The van der Waals surface area contributed by atoms with Crippen molar-refractivity contribution < 1.29 is 0 Å². The number of hydrogen-bond acceptors (Lipinski definition) is 1. The summed E-state index contributed by atoms with van der Waals surface area (Å²) in [6.07, 6.45) is 11.4. The van der Waals surface area contributed by atoms with Crippen LogP contribution in [0.3, 0.4) is 0 Å². The first-order chi connectivity index (χ1) is 8.27. The predicted molar refractivity (Wildman–Crippen MR) is 75.2 cm³/mol. The van der Waals surface area contributed by atoms with E-state index in [1.807, 2.05) is 19.1 Å². The van der Waals surface area contributed by atoms with E-state index in [9.17, 15) is 0 Å². The Morgan fingerprint density at radius 2 is 1.88 bits per heavy atom. The van der Waals surface area contributed by atoms with Gasteiger partial charge in [0.05, 0.1) is 5.70 Å². The maximum absolute atomic E-state index is 4.68. The smallest absolute Gasteiger partial charge is 0.0671 e. The van der Waals surface area contributed by atoms with Gasteiger partial charge in [-0.15, -0.1) is 0 Å². The summed E-state index contributed by atoms with van der Waals surface area (Å²) in [6, 6.07) is 8.37. The number of allylic oxidation sites excluding steroid dienone is 5. The second-order valence-electron chi connectivity index (χ2n) is 4.18. The van der Waals surface area contributed by atoms with E-state index in [-0.39, 0.29) is 0 Å². The third kappa shape index (κ3) is 3.04. The van der Waals surface area contributed by atoms with Crippen LogP contribution in [0.1, 0.15) is 24.5 Å². The highest BCUT2D eigenvalue weighted by Crippen LogP contribution is 2.21. The van der Waals surface area contributed by atoms with E-state index in [1.165, 1.54) is 11.1 Å². The molecule has 0 saturated carbocycles. The molecular weight excluding hydrogens is 206 g/mol. The van der Waals surface area contributed by atoms with Gasteiger partial charge in [0, 0.05) is 11.3 Å². The van der Waals surface area contributed by atoms with Crippen molar-refractivity contribution in [3.63, 3.8) is 0 Å². The van der Waals surface area contributed by atoms with Crippen LogP contribution in [0.2, 0.25) is 0 Å². The molecule has 0 unspecified atom stereocenters. The van der Waals surface area contributed by atoms with Crippen LogP contribution in [-0.2, 0) is 0 Å². The second-order valence-corrected chi connectivity index (χ2v) is 4.18. The van der Waals surface area contributed by atoms with Crippen molar-refractivity contribution in [3.05, 3.63) is 65.8 Å². The summed E-state index contributed by atoms with van der Waals surface area (Å²) in [5.74, 6) is 0. The Morgan fingerprint density at radius 1 is 1.06 bits per heavy atom. The van der Waals surface area contributed by atoms with Crippen LogP contribution in [0.15, 0.2) is 59.6 Å². The Labute approximate surface area is 103 Å². The van der Waals surface area contributed by atoms with Gasteiger partial charge in [-0.3, -0.25) is 4.99 Å². The maximum Gasteiger partial charge on any atom is 0.0671 e. The molecule has 0 N–H and O–H groups in total. The van der Waals surface area contributed by atoms with E-state index in [0.29, 0.717) is 0 Å². The van der Waals surface area contributed by atoms with E-state index in [2.05, 4.69) is 54.4 Å². The second kappa shape index (κ2) is 5.44. The molecule has 1 aromatic rings. The monoisotopic (exact) mass is 223 g/mol. The van der Waals surface area contributed by atoms with Gasteiger partial charge in [-0.25, -0.2) is 0 Å². The van der Waals surface area contributed by atoms with Crippen molar-refractivity contribution in [2.75, 3.05) is 0 Å². The number of nitrogens with zero attached hydrogens (tertiary/aromatic N) is 1. The molecule has 0 aliphatic carbocycles. The molecule has 2 rings (SSSR count). The lowest BCUT2D eigenvalue weighted by Crippen LogP contribution is -1.90. The normalized spacial score (nSPS) is 25.5. The summed E-state index contributed by atoms with van der Waals surface area (Å²) in [5, 5.41) is 0. The minimum Gasteiger partial charge on any atom is -0.253 e. The Morgan fingerprint density at radius 3 is 2.71 bits per heavy atom. The van der Waals surface area contributed by atoms with Gasteiger partial charge in [-0.1, -0.05) is 48.6 Å². The van der Waals surface area contributed by atoms with Crippen LogP contribution < -0.4 is 0 Å². The van der Waals surface area contributed by atoms with Gasteiger partial charge in [0.15, 0.2) is 0 Å². The molecule has 0 atom stereocenters. The van der Waals surface area contributed by atoms with E-state index >= 15 is 0 Å². The van der Waals surface area contributed by atoms with E-state index in [1.54, 1.807) is 0 Å². The topological polar surface area (TPSA) is 12.4 Å². The van der Waals surface area contributed by atoms with Gasteiger partial charge in [-0.05, 0) is 31.9 Å². The minimum absolute atomic E-state index is 0.921. The van der Waals surface area contributed by atoms with E-state index in [4.69, 9.17) is 0 Å². The molecule has 1 nitrogen and oxygen atoms in total. The fourth-order valence-electron chi connectivity index (χ4n) is 1.83. The molecule has 0 bridgehead atoms. The highest BCUT2D eigenvalue weighted by Gasteiger charge is 2.03. The zero-order valence-electron chi connectivity index (χ0n) is 10.4. The van der Waals surface area contributed by atoms with Crippen molar-refractivity contribution in [1.82, 2.24) is 0 Å². The first kappa shape index (κ1) is 11.6. The molecule has 86 valence electrons. The molecule has 1 aromatic carbocycles. The minimum atomic E-state index is 0.921. The van der Waals surface area contributed by atoms with Crippen LogP contribution >= 0.6 is 0 Å². The maximum atomic E-state index is 4.68. The van der Waals surface area contributed by atoms with Gasteiger partial charge in [0.1, 0.15) is 0 Å². The van der Waals surface area contributed by atoms with Gasteiger partial charge in [-0.2, -0.15) is 0 Å². The lowest BCUT2D eigenvalue weighted by Gasteiger charge is -2.06. The summed E-state index contributed by atoms with van der Waals surface area (Å²) < 4.78 is 0. The largest absolute Gasteiger partial charge is 0.253 e. The summed E-state index contributed by atoms with van der Waals surface area (Å²) >= 11 is 0. The zero-order valence-corrected chi connectivity index (χ0v) is 10.4. The third-order valence-electron chi connectivity index (χ3n) is 2.75. The van der Waals surface area contributed by atoms with Crippen molar-refractivity contribution in [3.8, 4) is 0 Å². The van der Waals surface area contributed by atoms with Crippen LogP contribution in [0.25, 0.3) is 5.70 Å². The summed E-state index contributed by atoms with van der Waals surface area (Å²) in [6.45, 7) is 4.15. The Hall–Kier alpha value is -1.89. The molecule has 1 heteroatoms. The van der Waals surface area contributed by atoms with Crippen molar-refractivity contribution >= 4 is 11.4 Å². The summed E-state index contributed by atoms with van der Waals surface area (Å²) in [5.41, 5.74) is 4.58. The van der Waals surface area contributed by atoms with Crippen molar-refractivity contribution in [2.45, 2.75) is 20.3 Å².